The molecule has 0 aliphatic rings. The van der Waals surface area contributed by atoms with E-state index in [4.69, 9.17) is 4.74 Å². The second kappa shape index (κ2) is 7.73. The summed E-state index contributed by atoms with van der Waals surface area (Å²) in [5.41, 5.74) is -0.756. The molecule has 0 fully saturated rings. The molecular formula is C15H14F3N3O3. The normalized spacial score (nSPS) is 12.5. The van der Waals surface area contributed by atoms with Crippen LogP contribution in [0.25, 0.3) is 0 Å². The molecule has 1 aromatic heterocycles. The third-order valence-electron chi connectivity index (χ3n) is 2.90. The van der Waals surface area contributed by atoms with Gasteiger partial charge in [0.1, 0.15) is 24.2 Å². The Balaban J connectivity index is 1.81. The highest BCUT2D eigenvalue weighted by Crippen LogP contribution is 2.31. The van der Waals surface area contributed by atoms with Crippen LogP contribution in [0.2, 0.25) is 0 Å². The molecule has 0 aliphatic carbocycles. The Bertz CT molecular complexity index is 680. The summed E-state index contributed by atoms with van der Waals surface area (Å²) in [6.45, 7) is -0.420. The molecule has 6 nitrogen and oxygen atoms in total. The Labute approximate surface area is 135 Å². The van der Waals surface area contributed by atoms with E-state index in [0.717, 1.165) is 12.1 Å². The summed E-state index contributed by atoms with van der Waals surface area (Å²) in [5, 5.41) is 12.2. The lowest BCUT2D eigenvalue weighted by atomic mass is 10.2. The van der Waals surface area contributed by atoms with Crippen molar-refractivity contribution in [3.63, 3.8) is 0 Å². The van der Waals surface area contributed by atoms with E-state index in [0.29, 0.717) is 0 Å². The van der Waals surface area contributed by atoms with Crippen molar-refractivity contribution in [1.82, 2.24) is 15.3 Å². The van der Waals surface area contributed by atoms with Crippen LogP contribution >= 0.6 is 0 Å². The molecule has 128 valence electrons. The molecule has 2 rings (SSSR count). The minimum absolute atomic E-state index is 0.0240. The van der Waals surface area contributed by atoms with Gasteiger partial charge in [0.15, 0.2) is 0 Å². The maximum Gasteiger partial charge on any atom is 0.416 e. The Morgan fingerprint density at radius 3 is 2.79 bits per heavy atom. The first kappa shape index (κ1) is 17.7. The first-order chi connectivity index (χ1) is 11.4. The summed E-state index contributed by atoms with van der Waals surface area (Å²) in [4.78, 5) is 19.2. The van der Waals surface area contributed by atoms with Gasteiger partial charge in [-0.05, 0) is 18.2 Å². The van der Waals surface area contributed by atoms with Crippen LogP contribution in [0.15, 0.2) is 42.9 Å². The third-order valence-corrected chi connectivity index (χ3v) is 2.90. The number of ether oxygens (including phenoxy) is 1. The monoisotopic (exact) mass is 341 g/mol. The number of amides is 1. The van der Waals surface area contributed by atoms with E-state index in [1.165, 1.54) is 30.7 Å². The summed E-state index contributed by atoms with van der Waals surface area (Å²) in [5.74, 6) is -0.551. The number of nitrogens with zero attached hydrogens (tertiary/aromatic N) is 2. The van der Waals surface area contributed by atoms with E-state index in [2.05, 4.69) is 15.3 Å². The molecule has 0 spiro atoms. The van der Waals surface area contributed by atoms with Gasteiger partial charge in [-0.1, -0.05) is 6.07 Å². The Morgan fingerprint density at radius 2 is 2.12 bits per heavy atom. The standard InChI is InChI=1S/C15H14F3N3O3/c16-15(17,18)10-2-1-3-12(6-10)24-9-11(22)7-21-14(23)13-8-19-4-5-20-13/h1-6,8,11,22H,7,9H2,(H,21,23)/t11-/m0/s1. The lowest BCUT2D eigenvalue weighted by Crippen LogP contribution is -2.35. The van der Waals surface area contributed by atoms with Crippen molar-refractivity contribution >= 4 is 5.91 Å². The second-order valence-electron chi connectivity index (χ2n) is 4.79. The van der Waals surface area contributed by atoms with Crippen LogP contribution in [-0.2, 0) is 6.18 Å². The number of alkyl halides is 3. The summed E-state index contributed by atoms with van der Waals surface area (Å²) in [6, 6.07) is 4.32. The van der Waals surface area contributed by atoms with Crippen molar-refractivity contribution < 1.29 is 27.8 Å². The van der Waals surface area contributed by atoms with Gasteiger partial charge in [-0.3, -0.25) is 9.78 Å². The number of aromatic nitrogens is 2. The molecule has 2 N–H and O–H groups in total. The molecule has 2 aromatic rings. The highest BCUT2D eigenvalue weighted by atomic mass is 19.4. The van der Waals surface area contributed by atoms with Gasteiger partial charge >= 0.3 is 6.18 Å². The number of hydrogen-bond acceptors (Lipinski definition) is 5. The third kappa shape index (κ3) is 5.20. The van der Waals surface area contributed by atoms with Crippen molar-refractivity contribution in [2.45, 2.75) is 12.3 Å². The van der Waals surface area contributed by atoms with Gasteiger partial charge in [-0.15, -0.1) is 0 Å². The Kier molecular flexibility index (Phi) is 5.69. The number of aliphatic hydroxyl groups excluding tert-OH is 1. The molecule has 0 saturated heterocycles. The fraction of sp³-hybridized carbons (Fsp3) is 0.267. The minimum Gasteiger partial charge on any atom is -0.491 e. The number of rotatable bonds is 6. The van der Waals surface area contributed by atoms with E-state index in [9.17, 15) is 23.1 Å². The minimum atomic E-state index is -4.47. The zero-order valence-corrected chi connectivity index (χ0v) is 12.3. The number of aliphatic hydroxyl groups is 1. The number of halogens is 3. The van der Waals surface area contributed by atoms with Crippen molar-refractivity contribution in [3.05, 3.63) is 54.1 Å². The molecule has 1 aromatic carbocycles. The Morgan fingerprint density at radius 1 is 1.33 bits per heavy atom. The fourth-order valence-corrected chi connectivity index (χ4v) is 1.73. The molecular weight excluding hydrogens is 327 g/mol. The smallest absolute Gasteiger partial charge is 0.416 e. The largest absolute Gasteiger partial charge is 0.491 e. The molecule has 1 amide bonds. The predicted octanol–water partition coefficient (Wildman–Crippen LogP) is 1.67. The highest BCUT2D eigenvalue weighted by Gasteiger charge is 2.30. The first-order valence-corrected chi connectivity index (χ1v) is 6.88. The number of benzene rings is 1. The van der Waals surface area contributed by atoms with Gasteiger partial charge in [0, 0.05) is 18.9 Å². The van der Waals surface area contributed by atoms with Crippen LogP contribution in [0, 0.1) is 0 Å². The van der Waals surface area contributed by atoms with Crippen molar-refractivity contribution in [2.75, 3.05) is 13.2 Å². The number of nitrogens with one attached hydrogen (secondary N) is 1. The molecule has 0 saturated carbocycles. The SMILES string of the molecule is O=C(NC[C@H](O)COc1cccc(C(F)(F)F)c1)c1cnccn1. The van der Waals surface area contributed by atoms with Gasteiger partial charge in [-0.25, -0.2) is 4.98 Å². The summed E-state index contributed by atoms with van der Waals surface area (Å²) >= 11 is 0. The van der Waals surface area contributed by atoms with Crippen LogP contribution < -0.4 is 10.1 Å². The van der Waals surface area contributed by atoms with Gasteiger partial charge < -0.3 is 15.2 Å². The molecule has 1 heterocycles. The van der Waals surface area contributed by atoms with E-state index in [1.54, 1.807) is 0 Å². The number of carbonyl (C=O) groups is 1. The van der Waals surface area contributed by atoms with Crippen molar-refractivity contribution in [2.24, 2.45) is 0 Å². The average Bonchev–Trinajstić information content (AvgIpc) is 2.58. The van der Waals surface area contributed by atoms with Crippen LogP contribution in [0.5, 0.6) is 5.75 Å². The topological polar surface area (TPSA) is 84.3 Å². The number of hydrogen-bond donors (Lipinski definition) is 2. The van der Waals surface area contributed by atoms with E-state index >= 15 is 0 Å². The molecule has 0 bridgehead atoms. The molecule has 0 aliphatic heterocycles. The van der Waals surface area contributed by atoms with Crippen LogP contribution in [0.3, 0.4) is 0 Å². The zero-order valence-electron chi connectivity index (χ0n) is 12.3. The lowest BCUT2D eigenvalue weighted by molar-refractivity contribution is -0.137. The van der Waals surface area contributed by atoms with Gasteiger partial charge in [0.2, 0.25) is 0 Å². The van der Waals surface area contributed by atoms with Crippen LogP contribution in [0.1, 0.15) is 16.1 Å². The van der Waals surface area contributed by atoms with Crippen LogP contribution in [0.4, 0.5) is 13.2 Å². The predicted molar refractivity (Wildman–Crippen MR) is 77.3 cm³/mol. The molecule has 24 heavy (non-hydrogen) atoms. The van der Waals surface area contributed by atoms with E-state index in [1.807, 2.05) is 0 Å². The maximum atomic E-state index is 12.6. The van der Waals surface area contributed by atoms with E-state index < -0.39 is 23.8 Å². The molecule has 9 heteroatoms. The Hall–Kier alpha value is -2.68. The van der Waals surface area contributed by atoms with Gasteiger partial charge in [0.05, 0.1) is 11.8 Å². The van der Waals surface area contributed by atoms with Crippen LogP contribution in [-0.4, -0.2) is 40.2 Å². The maximum absolute atomic E-state index is 12.6. The quantitative estimate of drug-likeness (QED) is 0.835. The average molecular weight is 341 g/mol. The van der Waals surface area contributed by atoms with Crippen molar-refractivity contribution in [3.8, 4) is 5.75 Å². The first-order valence-electron chi connectivity index (χ1n) is 6.88. The lowest BCUT2D eigenvalue weighted by Gasteiger charge is -2.14. The fourth-order valence-electron chi connectivity index (χ4n) is 1.73. The van der Waals surface area contributed by atoms with Gasteiger partial charge in [-0.2, -0.15) is 13.2 Å². The highest BCUT2D eigenvalue weighted by molar-refractivity contribution is 5.91. The van der Waals surface area contributed by atoms with Crippen molar-refractivity contribution in [1.29, 1.82) is 0 Å². The summed E-state index contributed by atoms with van der Waals surface area (Å²) in [6.07, 6.45) is -1.54. The summed E-state index contributed by atoms with van der Waals surface area (Å²) in [7, 11) is 0. The number of carbonyl (C=O) groups excluding carboxylic acids is 1. The van der Waals surface area contributed by atoms with E-state index in [-0.39, 0.29) is 24.6 Å². The second-order valence-corrected chi connectivity index (χ2v) is 4.79. The van der Waals surface area contributed by atoms with Gasteiger partial charge in [0.25, 0.3) is 5.91 Å². The molecule has 0 unspecified atom stereocenters. The molecule has 0 radical (unpaired) electrons. The zero-order chi connectivity index (χ0) is 17.6. The summed E-state index contributed by atoms with van der Waals surface area (Å²) < 4.78 is 42.8. The molecule has 1 atom stereocenters.